The molecule has 0 aromatic heterocycles. The molecule has 9 heteroatoms. The number of hydrogen-bond acceptors (Lipinski definition) is 6. The van der Waals surface area contributed by atoms with Crippen molar-refractivity contribution in [1.82, 2.24) is 5.43 Å². The van der Waals surface area contributed by atoms with Crippen molar-refractivity contribution >= 4 is 46.3 Å². The van der Waals surface area contributed by atoms with Crippen LogP contribution in [0, 0.1) is 9.49 Å². The van der Waals surface area contributed by atoms with Gasteiger partial charge in [-0.15, -0.1) is 0 Å². The van der Waals surface area contributed by atoms with Gasteiger partial charge in [-0.2, -0.15) is 5.10 Å². The second kappa shape index (κ2) is 11.4. The van der Waals surface area contributed by atoms with Crippen LogP contribution in [0.3, 0.4) is 0 Å². The molecule has 0 aliphatic carbocycles. The van der Waals surface area contributed by atoms with Gasteiger partial charge in [0, 0.05) is 5.69 Å². The number of nitrogens with one attached hydrogen (secondary N) is 2. The van der Waals surface area contributed by atoms with Gasteiger partial charge in [0.1, 0.15) is 11.7 Å². The largest absolute Gasteiger partial charge is 0.497 e. The van der Waals surface area contributed by atoms with Crippen LogP contribution in [-0.4, -0.2) is 38.9 Å². The number of rotatable bonds is 9. The van der Waals surface area contributed by atoms with Gasteiger partial charge in [0.05, 0.1) is 30.6 Å². The molecule has 1 atom stereocenters. The second-order valence-corrected chi connectivity index (χ2v) is 7.30. The molecule has 2 aromatic rings. The number of benzene rings is 2. The topological polar surface area (TPSA) is 98.2 Å². The fourth-order valence-electron chi connectivity index (χ4n) is 2.43. The summed E-state index contributed by atoms with van der Waals surface area (Å²) in [4.78, 5) is 24.5. The van der Waals surface area contributed by atoms with Crippen molar-refractivity contribution in [3.63, 3.8) is 0 Å². The molecular formula is C21H24IN3O5. The highest BCUT2D eigenvalue weighted by Crippen LogP contribution is 2.33. The predicted molar refractivity (Wildman–Crippen MR) is 123 cm³/mol. The maximum absolute atomic E-state index is 12.3. The molecule has 0 fully saturated rings. The van der Waals surface area contributed by atoms with Gasteiger partial charge in [0.15, 0.2) is 11.5 Å². The summed E-state index contributed by atoms with van der Waals surface area (Å²) in [6.45, 7) is 3.88. The number of ether oxygens (including phenoxy) is 3. The molecule has 0 saturated carbocycles. The number of hydrogen-bond donors (Lipinski definition) is 2. The SMILES string of the molecule is CCOc1cc(C=NNC(=O)C(C)C(=O)Nc2ccc(OC)cc2)cc(I)c1OC. The van der Waals surface area contributed by atoms with Gasteiger partial charge < -0.3 is 19.5 Å². The Balaban J connectivity index is 1.98. The zero-order chi connectivity index (χ0) is 22.1. The molecule has 0 heterocycles. The Kier molecular flexibility index (Phi) is 8.90. The first-order valence-corrected chi connectivity index (χ1v) is 10.3. The number of hydrazone groups is 1. The van der Waals surface area contributed by atoms with E-state index in [1.165, 1.54) is 13.1 Å². The monoisotopic (exact) mass is 525 g/mol. The van der Waals surface area contributed by atoms with E-state index in [2.05, 4.69) is 38.4 Å². The standard InChI is InChI=1S/C21H24IN3O5/c1-5-30-18-11-14(10-17(22)19(18)29-4)12-23-25-21(27)13(2)20(26)24-15-6-8-16(28-3)9-7-15/h6-13H,5H2,1-4H3,(H,24,26)(H,25,27). The Hall–Kier alpha value is -2.82. The summed E-state index contributed by atoms with van der Waals surface area (Å²) in [6, 6.07) is 10.4. The van der Waals surface area contributed by atoms with E-state index in [0.717, 1.165) is 9.13 Å². The molecular weight excluding hydrogens is 501 g/mol. The van der Waals surface area contributed by atoms with Crippen LogP contribution in [0.2, 0.25) is 0 Å². The van der Waals surface area contributed by atoms with Gasteiger partial charge in [0.2, 0.25) is 5.91 Å². The molecule has 0 aliphatic rings. The van der Waals surface area contributed by atoms with Crippen LogP contribution >= 0.6 is 22.6 Å². The Morgan fingerprint density at radius 2 is 1.83 bits per heavy atom. The zero-order valence-corrected chi connectivity index (χ0v) is 19.3. The molecule has 8 nitrogen and oxygen atoms in total. The number of carbonyl (C=O) groups is 2. The first kappa shape index (κ1) is 23.5. The maximum Gasteiger partial charge on any atom is 0.252 e. The molecule has 30 heavy (non-hydrogen) atoms. The van der Waals surface area contributed by atoms with E-state index in [4.69, 9.17) is 14.2 Å². The predicted octanol–water partition coefficient (Wildman–Crippen LogP) is 3.43. The summed E-state index contributed by atoms with van der Waals surface area (Å²) >= 11 is 2.14. The smallest absolute Gasteiger partial charge is 0.252 e. The highest BCUT2D eigenvalue weighted by Gasteiger charge is 2.21. The van der Waals surface area contributed by atoms with E-state index in [0.29, 0.717) is 29.5 Å². The van der Waals surface area contributed by atoms with Crippen LogP contribution in [0.15, 0.2) is 41.5 Å². The molecule has 2 rings (SSSR count). The van der Waals surface area contributed by atoms with Crippen LogP contribution in [0.1, 0.15) is 19.4 Å². The lowest BCUT2D eigenvalue weighted by molar-refractivity contribution is -0.131. The first-order chi connectivity index (χ1) is 14.4. The van der Waals surface area contributed by atoms with Gasteiger partial charge in [-0.25, -0.2) is 5.43 Å². The van der Waals surface area contributed by atoms with E-state index in [1.807, 2.05) is 13.0 Å². The summed E-state index contributed by atoms with van der Waals surface area (Å²) in [6.07, 6.45) is 1.48. The van der Waals surface area contributed by atoms with Crippen molar-refractivity contribution in [3.8, 4) is 17.2 Å². The summed E-state index contributed by atoms with van der Waals surface area (Å²) in [5.41, 5.74) is 3.68. The van der Waals surface area contributed by atoms with Crippen LogP contribution < -0.4 is 25.0 Å². The molecule has 0 bridgehead atoms. The lowest BCUT2D eigenvalue weighted by atomic mass is 10.1. The molecule has 2 amide bonds. The number of carbonyl (C=O) groups excluding carboxylic acids is 2. The highest BCUT2D eigenvalue weighted by molar-refractivity contribution is 14.1. The minimum atomic E-state index is -0.931. The average Bonchev–Trinajstić information content (AvgIpc) is 2.73. The van der Waals surface area contributed by atoms with Gasteiger partial charge in [-0.1, -0.05) is 0 Å². The normalized spacial score (nSPS) is 11.6. The van der Waals surface area contributed by atoms with E-state index in [1.54, 1.807) is 44.6 Å². The van der Waals surface area contributed by atoms with Crippen LogP contribution in [0.4, 0.5) is 5.69 Å². The zero-order valence-electron chi connectivity index (χ0n) is 17.2. The Bertz CT molecular complexity index is 916. The van der Waals surface area contributed by atoms with E-state index in [-0.39, 0.29) is 0 Å². The Morgan fingerprint density at radius 3 is 2.43 bits per heavy atom. The minimum absolute atomic E-state index is 0.439. The van der Waals surface area contributed by atoms with E-state index < -0.39 is 17.7 Å². The lowest BCUT2D eigenvalue weighted by Crippen LogP contribution is -2.34. The fourth-order valence-corrected chi connectivity index (χ4v) is 3.28. The molecule has 2 N–H and O–H groups in total. The number of anilines is 1. The number of halogens is 1. The number of amides is 2. The quantitative estimate of drug-likeness (QED) is 0.226. The molecule has 1 unspecified atom stereocenters. The van der Waals surface area contributed by atoms with Crippen LogP contribution in [0.5, 0.6) is 17.2 Å². The highest BCUT2D eigenvalue weighted by atomic mass is 127. The van der Waals surface area contributed by atoms with E-state index in [9.17, 15) is 9.59 Å². The van der Waals surface area contributed by atoms with Gasteiger partial charge in [-0.3, -0.25) is 9.59 Å². The number of methoxy groups -OCH3 is 2. The Labute approximate surface area is 189 Å². The van der Waals surface area contributed by atoms with Crippen LogP contribution in [0.25, 0.3) is 0 Å². The van der Waals surface area contributed by atoms with E-state index >= 15 is 0 Å². The fraction of sp³-hybridized carbons (Fsp3) is 0.286. The molecule has 2 aromatic carbocycles. The molecule has 0 radical (unpaired) electrons. The van der Waals surface area contributed by atoms with Gasteiger partial charge >= 0.3 is 0 Å². The van der Waals surface area contributed by atoms with Crippen molar-refractivity contribution in [2.75, 3.05) is 26.1 Å². The molecule has 0 aliphatic heterocycles. The number of nitrogens with zero attached hydrogens (tertiary/aromatic N) is 1. The molecule has 160 valence electrons. The molecule has 0 saturated heterocycles. The Morgan fingerprint density at radius 1 is 1.13 bits per heavy atom. The summed E-state index contributed by atoms with van der Waals surface area (Å²) in [7, 11) is 3.14. The first-order valence-electron chi connectivity index (χ1n) is 9.17. The third-order valence-corrected chi connectivity index (χ3v) is 4.87. The van der Waals surface area contributed by atoms with Gasteiger partial charge in [-0.05, 0) is 78.4 Å². The lowest BCUT2D eigenvalue weighted by Gasteiger charge is -2.12. The molecule has 0 spiro atoms. The van der Waals surface area contributed by atoms with Crippen molar-refractivity contribution < 1.29 is 23.8 Å². The van der Waals surface area contributed by atoms with Crippen molar-refractivity contribution in [1.29, 1.82) is 0 Å². The summed E-state index contributed by atoms with van der Waals surface area (Å²) < 4.78 is 16.8. The average molecular weight is 525 g/mol. The van der Waals surface area contributed by atoms with Crippen molar-refractivity contribution in [3.05, 3.63) is 45.5 Å². The summed E-state index contributed by atoms with van der Waals surface area (Å²) in [5, 5.41) is 6.64. The van der Waals surface area contributed by atoms with Crippen molar-refractivity contribution in [2.45, 2.75) is 13.8 Å². The second-order valence-electron chi connectivity index (χ2n) is 6.14. The minimum Gasteiger partial charge on any atom is -0.497 e. The third-order valence-electron chi connectivity index (χ3n) is 4.07. The third kappa shape index (κ3) is 6.34. The summed E-state index contributed by atoms with van der Waals surface area (Å²) in [5.74, 6) is 0.0124. The maximum atomic E-state index is 12.3. The van der Waals surface area contributed by atoms with Crippen molar-refractivity contribution in [2.24, 2.45) is 11.0 Å². The van der Waals surface area contributed by atoms with Crippen LogP contribution in [-0.2, 0) is 9.59 Å². The van der Waals surface area contributed by atoms with Gasteiger partial charge in [0.25, 0.3) is 5.91 Å².